The first kappa shape index (κ1) is 19.3. The second-order valence-corrected chi connectivity index (χ2v) is 7.81. The zero-order valence-corrected chi connectivity index (χ0v) is 16.2. The number of nitriles is 1. The van der Waals surface area contributed by atoms with Gasteiger partial charge in [-0.15, -0.1) is 0 Å². The number of benzene rings is 2. The van der Waals surface area contributed by atoms with E-state index in [-0.39, 0.29) is 16.5 Å². The SMILES string of the molecule is N#C/C(C(N)=O)=C1/SC(Cc2cccc(Cl)c2)C(=O)N1c1ccc(Cl)cc1. The molecular weight excluding hydrogens is 405 g/mol. The molecule has 27 heavy (non-hydrogen) atoms. The van der Waals surface area contributed by atoms with Crippen LogP contribution >= 0.6 is 35.0 Å². The third-order valence-electron chi connectivity index (χ3n) is 3.92. The maximum atomic E-state index is 13.1. The van der Waals surface area contributed by atoms with Gasteiger partial charge in [-0.25, -0.2) is 0 Å². The van der Waals surface area contributed by atoms with Crippen molar-refractivity contribution in [1.82, 2.24) is 0 Å². The Morgan fingerprint density at radius 2 is 1.89 bits per heavy atom. The van der Waals surface area contributed by atoms with E-state index >= 15 is 0 Å². The van der Waals surface area contributed by atoms with Crippen LogP contribution in [0.4, 0.5) is 5.69 Å². The summed E-state index contributed by atoms with van der Waals surface area (Å²) in [7, 11) is 0. The Labute approximate surface area is 170 Å². The number of nitrogens with two attached hydrogens (primary N) is 1. The third kappa shape index (κ3) is 4.11. The third-order valence-corrected chi connectivity index (χ3v) is 5.67. The molecule has 1 aliphatic heterocycles. The number of primary amides is 1. The quantitative estimate of drug-likeness (QED) is 0.603. The maximum absolute atomic E-state index is 13.1. The van der Waals surface area contributed by atoms with E-state index in [1.54, 1.807) is 42.5 Å². The standard InChI is InChI=1S/C19H13Cl2N3O2S/c20-12-4-6-14(7-5-12)24-18(26)16(9-11-2-1-3-13(21)8-11)27-19(24)15(10-22)17(23)25/h1-8,16H,9H2,(H2,23,25)/b19-15-. The molecule has 2 N–H and O–H groups in total. The zero-order chi connectivity index (χ0) is 19.6. The van der Waals surface area contributed by atoms with Crippen LogP contribution in [0.15, 0.2) is 59.1 Å². The summed E-state index contributed by atoms with van der Waals surface area (Å²) >= 11 is 13.1. The average molecular weight is 418 g/mol. The number of carbonyl (C=O) groups is 2. The molecule has 0 aromatic heterocycles. The van der Waals surface area contributed by atoms with Gasteiger partial charge in [0.05, 0.1) is 5.25 Å². The highest BCUT2D eigenvalue weighted by atomic mass is 35.5. The molecule has 1 heterocycles. The molecule has 5 nitrogen and oxygen atoms in total. The van der Waals surface area contributed by atoms with Crippen LogP contribution in [0.2, 0.25) is 10.0 Å². The molecule has 8 heteroatoms. The summed E-state index contributed by atoms with van der Waals surface area (Å²) in [5.74, 6) is -1.12. The summed E-state index contributed by atoms with van der Waals surface area (Å²) in [4.78, 5) is 26.1. The second kappa shape index (κ2) is 8.05. The van der Waals surface area contributed by atoms with Crippen LogP contribution in [0.5, 0.6) is 0 Å². The van der Waals surface area contributed by atoms with Gasteiger partial charge in [0, 0.05) is 15.7 Å². The Morgan fingerprint density at radius 1 is 1.19 bits per heavy atom. The first-order valence-corrected chi connectivity index (χ1v) is 9.49. The van der Waals surface area contributed by atoms with E-state index < -0.39 is 11.2 Å². The number of anilines is 1. The van der Waals surface area contributed by atoms with Crippen LogP contribution in [0, 0.1) is 11.3 Å². The van der Waals surface area contributed by atoms with Gasteiger partial charge in [0.1, 0.15) is 16.7 Å². The summed E-state index contributed by atoms with van der Waals surface area (Å²) < 4.78 is 0. The largest absolute Gasteiger partial charge is 0.365 e. The van der Waals surface area contributed by atoms with Crippen molar-refractivity contribution in [3.8, 4) is 6.07 Å². The predicted molar refractivity (Wildman–Crippen MR) is 107 cm³/mol. The number of amides is 2. The Hall–Kier alpha value is -2.46. The zero-order valence-electron chi connectivity index (χ0n) is 13.9. The van der Waals surface area contributed by atoms with Crippen molar-refractivity contribution in [2.24, 2.45) is 5.73 Å². The molecule has 2 aromatic rings. The van der Waals surface area contributed by atoms with Gasteiger partial charge in [-0.1, -0.05) is 47.1 Å². The lowest BCUT2D eigenvalue weighted by molar-refractivity contribution is -0.117. The number of thioether (sulfide) groups is 1. The Morgan fingerprint density at radius 3 is 2.48 bits per heavy atom. The van der Waals surface area contributed by atoms with Crippen molar-refractivity contribution in [2.45, 2.75) is 11.7 Å². The van der Waals surface area contributed by atoms with Gasteiger partial charge in [0.2, 0.25) is 5.91 Å². The van der Waals surface area contributed by atoms with Gasteiger partial charge in [-0.2, -0.15) is 5.26 Å². The molecule has 1 atom stereocenters. The molecule has 0 spiro atoms. The van der Waals surface area contributed by atoms with Gasteiger partial charge in [-0.3, -0.25) is 14.5 Å². The molecule has 2 amide bonds. The first-order chi connectivity index (χ1) is 12.9. The lowest BCUT2D eigenvalue weighted by Crippen LogP contribution is -2.31. The molecule has 0 aliphatic carbocycles. The van der Waals surface area contributed by atoms with Gasteiger partial charge in [0.25, 0.3) is 5.91 Å². The van der Waals surface area contributed by atoms with E-state index in [0.717, 1.165) is 17.3 Å². The van der Waals surface area contributed by atoms with E-state index in [1.807, 2.05) is 12.1 Å². The van der Waals surface area contributed by atoms with Crippen molar-refractivity contribution < 1.29 is 9.59 Å². The van der Waals surface area contributed by atoms with Crippen molar-refractivity contribution in [2.75, 3.05) is 4.90 Å². The number of nitrogens with zero attached hydrogens (tertiary/aromatic N) is 2. The molecule has 1 saturated heterocycles. The van der Waals surface area contributed by atoms with Gasteiger partial charge >= 0.3 is 0 Å². The fourth-order valence-electron chi connectivity index (χ4n) is 2.70. The van der Waals surface area contributed by atoms with Gasteiger partial charge in [-0.05, 0) is 48.4 Å². The molecule has 1 aliphatic rings. The van der Waals surface area contributed by atoms with E-state index in [4.69, 9.17) is 28.9 Å². The summed E-state index contributed by atoms with van der Waals surface area (Å²) in [6.45, 7) is 0. The average Bonchev–Trinajstić information content (AvgIpc) is 2.92. The highest BCUT2D eigenvalue weighted by Crippen LogP contribution is 2.42. The molecule has 2 aromatic carbocycles. The van der Waals surface area contributed by atoms with Crippen LogP contribution in [0.25, 0.3) is 0 Å². The van der Waals surface area contributed by atoms with E-state index in [9.17, 15) is 14.9 Å². The molecule has 1 fully saturated rings. The highest BCUT2D eigenvalue weighted by molar-refractivity contribution is 8.05. The summed E-state index contributed by atoms with van der Waals surface area (Å²) in [6, 6.07) is 15.6. The Balaban J connectivity index is 2.03. The Kier molecular flexibility index (Phi) is 5.76. The molecule has 1 unspecified atom stereocenters. The van der Waals surface area contributed by atoms with Crippen LogP contribution in [-0.4, -0.2) is 17.1 Å². The fraction of sp³-hybridized carbons (Fsp3) is 0.105. The number of carbonyl (C=O) groups excluding carboxylic acids is 2. The van der Waals surface area contributed by atoms with E-state index in [0.29, 0.717) is 22.2 Å². The number of rotatable bonds is 4. The van der Waals surface area contributed by atoms with Crippen molar-refractivity contribution in [3.63, 3.8) is 0 Å². The number of hydrogen-bond acceptors (Lipinski definition) is 4. The molecular formula is C19H13Cl2N3O2S. The van der Waals surface area contributed by atoms with Gasteiger partial charge in [0.15, 0.2) is 0 Å². The Bertz CT molecular complexity index is 983. The maximum Gasteiger partial charge on any atom is 0.262 e. The second-order valence-electron chi connectivity index (χ2n) is 5.75. The minimum Gasteiger partial charge on any atom is -0.365 e. The van der Waals surface area contributed by atoms with E-state index in [1.165, 1.54) is 4.90 Å². The minimum atomic E-state index is -0.879. The number of halogens is 2. The van der Waals surface area contributed by atoms with Crippen LogP contribution < -0.4 is 10.6 Å². The number of hydrogen-bond donors (Lipinski definition) is 1. The van der Waals surface area contributed by atoms with Crippen molar-refractivity contribution in [1.29, 1.82) is 5.26 Å². The van der Waals surface area contributed by atoms with Crippen LogP contribution in [0.1, 0.15) is 5.56 Å². The van der Waals surface area contributed by atoms with Crippen LogP contribution in [-0.2, 0) is 16.0 Å². The van der Waals surface area contributed by atoms with E-state index in [2.05, 4.69) is 0 Å². The highest BCUT2D eigenvalue weighted by Gasteiger charge is 2.40. The minimum absolute atomic E-state index is 0.226. The summed E-state index contributed by atoms with van der Waals surface area (Å²) in [5.41, 5.74) is 6.48. The first-order valence-electron chi connectivity index (χ1n) is 7.85. The molecule has 3 rings (SSSR count). The smallest absolute Gasteiger partial charge is 0.262 e. The summed E-state index contributed by atoms with van der Waals surface area (Å²) in [6.07, 6.45) is 0.398. The van der Waals surface area contributed by atoms with Crippen molar-refractivity contribution >= 4 is 52.5 Å². The predicted octanol–water partition coefficient (Wildman–Crippen LogP) is 3.90. The molecule has 0 radical (unpaired) electrons. The topological polar surface area (TPSA) is 87.2 Å². The molecule has 0 saturated carbocycles. The van der Waals surface area contributed by atoms with Gasteiger partial charge < -0.3 is 5.73 Å². The normalized spacial score (nSPS) is 18.3. The lowest BCUT2D eigenvalue weighted by atomic mass is 10.1. The fourth-order valence-corrected chi connectivity index (χ4v) is 4.36. The summed E-state index contributed by atoms with van der Waals surface area (Å²) in [5, 5.41) is 10.2. The molecule has 0 bridgehead atoms. The lowest BCUT2D eigenvalue weighted by Gasteiger charge is -2.18. The van der Waals surface area contributed by atoms with Crippen molar-refractivity contribution in [3.05, 3.63) is 74.7 Å². The monoisotopic (exact) mass is 417 g/mol. The van der Waals surface area contributed by atoms with Crippen LogP contribution in [0.3, 0.4) is 0 Å². The molecule has 136 valence electrons.